The first-order chi connectivity index (χ1) is 36.9. The lowest BCUT2D eigenvalue weighted by Crippen LogP contribution is -2.46. The Morgan fingerprint density at radius 1 is 0.636 bits per heavy atom. The highest BCUT2D eigenvalue weighted by molar-refractivity contribution is 7.85. The zero-order valence-corrected chi connectivity index (χ0v) is 45.0. The first-order valence-electron chi connectivity index (χ1n) is 24.9. The SMILES string of the molecule is Cc1ccc(NC(=O)c2ccc(CN3C(=O)c4ccc(Cl)cc4CC(=O)[C@H]3CCN3CCOCC3)cc2)nc1.Cc1ccc(NC(=O)c2ccc(CN3C(=O)c4ccc(Cl)cc4CC(=O)[C@H]3CCOS(C)(=O)=O)cc2)nc1. The molecule has 400 valence electrons. The quantitative estimate of drug-likeness (QED) is 0.0936. The van der Waals surface area contributed by atoms with Gasteiger partial charge in [0.25, 0.3) is 33.7 Å². The summed E-state index contributed by atoms with van der Waals surface area (Å²) >= 11 is 12.3. The second kappa shape index (κ2) is 25.3. The molecule has 20 heteroatoms. The third-order valence-corrected chi connectivity index (χ3v) is 14.4. The summed E-state index contributed by atoms with van der Waals surface area (Å²) in [6.07, 6.45) is 4.96. The summed E-state index contributed by atoms with van der Waals surface area (Å²) in [5, 5.41) is 6.44. The van der Waals surface area contributed by atoms with Crippen LogP contribution in [-0.4, -0.2) is 126 Å². The standard InChI is InChI=1S/C30H31ClN4O4.C27H26ClN3O6S/c1-20-2-9-28(32-18-20)33-29(37)22-5-3-21(4-6-22)19-35-26(10-11-34-12-14-39-15-13-34)27(36)17-23-16-24(31)7-8-25(23)30(35)38;1-17-3-10-25(29-15-17)30-26(33)19-6-4-18(5-7-19)16-31-23(11-12-37-38(2,35)36)24(32)14-20-13-21(28)8-9-22(20)27(31)34/h2-9,16,18,26H,10-15,17,19H2,1H3,(H,32,33,37);3-10,13,15,23H,11-12,14,16H2,1-2H3,(H,29,30,33)/t26-;23-/m11/s1. The van der Waals surface area contributed by atoms with E-state index < -0.39 is 22.2 Å². The Hall–Kier alpha value is -7.19. The van der Waals surface area contributed by atoms with Gasteiger partial charge in [0.2, 0.25) is 0 Å². The zero-order chi connectivity index (χ0) is 54.8. The lowest BCUT2D eigenvalue weighted by atomic mass is 10.00. The van der Waals surface area contributed by atoms with E-state index in [0.29, 0.717) is 86.8 Å². The number of rotatable bonds is 15. The molecule has 5 heterocycles. The number of morpholine rings is 1. The van der Waals surface area contributed by atoms with Crippen LogP contribution < -0.4 is 10.6 Å². The van der Waals surface area contributed by atoms with E-state index in [4.69, 9.17) is 32.1 Å². The maximum absolute atomic E-state index is 13.8. The molecule has 0 radical (unpaired) electrons. The highest BCUT2D eigenvalue weighted by Gasteiger charge is 2.37. The highest BCUT2D eigenvalue weighted by Crippen LogP contribution is 2.29. The lowest BCUT2D eigenvalue weighted by molar-refractivity contribution is -0.124. The Labute approximate surface area is 457 Å². The zero-order valence-electron chi connectivity index (χ0n) is 42.7. The van der Waals surface area contributed by atoms with Gasteiger partial charge < -0.3 is 25.2 Å². The molecule has 0 spiro atoms. The van der Waals surface area contributed by atoms with Gasteiger partial charge >= 0.3 is 0 Å². The molecule has 0 unspecified atom stereocenters. The van der Waals surface area contributed by atoms with Gasteiger partial charge in [-0.3, -0.25) is 37.9 Å². The lowest BCUT2D eigenvalue weighted by Gasteiger charge is -2.32. The molecule has 2 N–H and O–H groups in total. The van der Waals surface area contributed by atoms with Crippen LogP contribution in [0, 0.1) is 13.8 Å². The van der Waals surface area contributed by atoms with Crippen LogP contribution in [0.1, 0.15) is 87.7 Å². The average Bonchev–Trinajstić information content (AvgIpc) is 3.57. The van der Waals surface area contributed by atoms with Crippen molar-refractivity contribution in [2.75, 3.05) is 56.3 Å². The highest BCUT2D eigenvalue weighted by atomic mass is 35.5. The third kappa shape index (κ3) is 15.1. The number of ketones is 2. The summed E-state index contributed by atoms with van der Waals surface area (Å²) in [6.45, 7) is 7.57. The number of carbonyl (C=O) groups excluding carboxylic acids is 6. The molecule has 1 saturated heterocycles. The van der Waals surface area contributed by atoms with E-state index in [9.17, 15) is 37.2 Å². The molecule has 2 aromatic heterocycles. The van der Waals surface area contributed by atoms with Crippen LogP contribution in [0.3, 0.4) is 0 Å². The Bertz CT molecular complexity index is 3270. The van der Waals surface area contributed by atoms with Crippen molar-refractivity contribution in [1.29, 1.82) is 0 Å². The second-order valence-corrected chi connectivity index (χ2v) is 21.6. The van der Waals surface area contributed by atoms with Crippen molar-refractivity contribution in [2.24, 2.45) is 0 Å². The Balaban J connectivity index is 0.000000204. The summed E-state index contributed by atoms with van der Waals surface area (Å²) < 4.78 is 33.2. The van der Waals surface area contributed by atoms with E-state index in [1.54, 1.807) is 102 Å². The van der Waals surface area contributed by atoms with Gasteiger partial charge in [0.1, 0.15) is 11.6 Å². The van der Waals surface area contributed by atoms with Gasteiger partial charge in [-0.15, -0.1) is 0 Å². The van der Waals surface area contributed by atoms with E-state index >= 15 is 0 Å². The van der Waals surface area contributed by atoms with Crippen molar-refractivity contribution in [3.05, 3.63) is 187 Å². The summed E-state index contributed by atoms with van der Waals surface area (Å²) in [4.78, 5) is 93.2. The van der Waals surface area contributed by atoms with Gasteiger partial charge in [0, 0.05) is 90.3 Å². The number of hydrogen-bond donors (Lipinski definition) is 2. The summed E-state index contributed by atoms with van der Waals surface area (Å²) in [5.41, 5.74) is 6.40. The largest absolute Gasteiger partial charge is 0.379 e. The minimum Gasteiger partial charge on any atom is -0.379 e. The van der Waals surface area contributed by atoms with E-state index in [-0.39, 0.29) is 74.2 Å². The number of amides is 4. The number of pyridine rings is 2. The topological polar surface area (TPSA) is 215 Å². The molecular weight excluding hydrogens is 1050 g/mol. The second-order valence-electron chi connectivity index (χ2n) is 19.1. The minimum absolute atomic E-state index is 0.000720. The van der Waals surface area contributed by atoms with Gasteiger partial charge in [-0.2, -0.15) is 8.42 Å². The van der Waals surface area contributed by atoms with E-state index in [2.05, 4.69) is 25.5 Å². The number of carbonyl (C=O) groups is 6. The van der Waals surface area contributed by atoms with Crippen molar-refractivity contribution in [2.45, 2.75) is 64.7 Å². The number of aromatic nitrogens is 2. The molecule has 3 aliphatic heterocycles. The van der Waals surface area contributed by atoms with Crippen LogP contribution in [0.15, 0.2) is 122 Å². The average molecular weight is 1100 g/mol. The van der Waals surface area contributed by atoms with E-state index in [1.165, 1.54) is 4.90 Å². The predicted molar refractivity (Wildman–Crippen MR) is 292 cm³/mol. The van der Waals surface area contributed by atoms with Gasteiger partial charge in [-0.05, 0) is 133 Å². The maximum Gasteiger partial charge on any atom is 0.264 e. The molecule has 0 aliphatic carbocycles. The first-order valence-corrected chi connectivity index (χ1v) is 27.5. The van der Waals surface area contributed by atoms with Gasteiger partial charge in [-0.25, -0.2) is 9.97 Å². The normalized spacial score (nSPS) is 16.8. The molecule has 0 bridgehead atoms. The number of Topliss-reactive ketones (excluding diaryl/α,β-unsaturated/α-hetero) is 2. The van der Waals surface area contributed by atoms with Crippen LogP contribution in [0.4, 0.5) is 11.6 Å². The predicted octanol–water partition coefficient (Wildman–Crippen LogP) is 7.95. The first kappa shape index (κ1) is 56.0. The Morgan fingerprint density at radius 3 is 1.49 bits per heavy atom. The monoisotopic (exact) mass is 1100 g/mol. The Morgan fingerprint density at radius 2 is 1.08 bits per heavy atom. The van der Waals surface area contributed by atoms with Gasteiger partial charge in [-0.1, -0.05) is 59.6 Å². The van der Waals surface area contributed by atoms with Crippen molar-refractivity contribution < 1.29 is 46.1 Å². The van der Waals surface area contributed by atoms with Crippen molar-refractivity contribution in [3.8, 4) is 0 Å². The number of anilines is 2. The number of ether oxygens (including phenoxy) is 1. The fourth-order valence-corrected chi connectivity index (χ4v) is 9.99. The number of benzene rings is 4. The summed E-state index contributed by atoms with van der Waals surface area (Å²) in [5.74, 6) is -0.520. The molecule has 17 nitrogen and oxygen atoms in total. The smallest absolute Gasteiger partial charge is 0.264 e. The molecule has 9 rings (SSSR count). The van der Waals surface area contributed by atoms with Crippen LogP contribution in [0.5, 0.6) is 0 Å². The van der Waals surface area contributed by atoms with Crippen LogP contribution in [0.2, 0.25) is 10.0 Å². The molecule has 1 fully saturated rings. The number of nitrogens with zero attached hydrogens (tertiary/aromatic N) is 5. The van der Waals surface area contributed by atoms with Crippen molar-refractivity contribution in [3.63, 3.8) is 0 Å². The number of halogens is 2. The molecule has 4 amide bonds. The number of fused-ring (bicyclic) bond motifs is 2. The van der Waals surface area contributed by atoms with E-state index in [1.807, 2.05) is 38.1 Å². The molecule has 2 atom stereocenters. The molecule has 0 saturated carbocycles. The summed E-state index contributed by atoms with van der Waals surface area (Å²) in [6, 6.07) is 29.3. The van der Waals surface area contributed by atoms with E-state index in [0.717, 1.165) is 36.0 Å². The van der Waals surface area contributed by atoms with Crippen LogP contribution in [-0.2, 0) is 54.6 Å². The summed E-state index contributed by atoms with van der Waals surface area (Å²) in [7, 11) is -3.71. The molecule has 77 heavy (non-hydrogen) atoms. The van der Waals surface area contributed by atoms with Crippen molar-refractivity contribution in [1.82, 2.24) is 24.7 Å². The van der Waals surface area contributed by atoms with Gasteiger partial charge in [0.15, 0.2) is 11.6 Å². The molecule has 3 aliphatic rings. The molecular formula is C57H57Cl2N7O10S. The Kier molecular flexibility index (Phi) is 18.4. The fraction of sp³-hybridized carbons (Fsp3) is 0.298. The minimum atomic E-state index is -3.71. The number of aryl methyl sites for hydroxylation is 2. The number of hydrogen-bond acceptors (Lipinski definition) is 13. The number of nitrogens with one attached hydrogen (secondary N) is 2. The van der Waals surface area contributed by atoms with Crippen LogP contribution in [0.25, 0.3) is 0 Å². The van der Waals surface area contributed by atoms with Crippen molar-refractivity contribution >= 4 is 80.2 Å². The third-order valence-electron chi connectivity index (χ3n) is 13.3. The fourth-order valence-electron chi connectivity index (χ4n) is 9.20. The molecule has 4 aromatic carbocycles. The maximum atomic E-state index is 13.8. The molecule has 6 aromatic rings. The van der Waals surface area contributed by atoms with Gasteiger partial charge in [0.05, 0.1) is 38.2 Å². The van der Waals surface area contributed by atoms with Crippen LogP contribution >= 0.6 is 23.2 Å².